The molecule has 0 fully saturated rings. The molecule has 0 N–H and O–H groups in total. The van der Waals surface area contributed by atoms with Crippen LogP contribution in [0.3, 0.4) is 0 Å². The minimum Gasteiger partial charge on any atom is -0.481 e. The normalized spacial score (nSPS) is 14.9. The highest BCUT2D eigenvalue weighted by molar-refractivity contribution is 9.10. The predicted molar refractivity (Wildman–Crippen MR) is 98.5 cm³/mol. The molecule has 1 heterocycles. The van der Waals surface area contributed by atoms with Crippen molar-refractivity contribution in [2.24, 2.45) is 0 Å². The molecule has 0 saturated heterocycles. The van der Waals surface area contributed by atoms with Crippen LogP contribution in [0, 0.1) is 0 Å². The maximum absolute atomic E-state index is 12.3. The van der Waals surface area contributed by atoms with Gasteiger partial charge in [-0.2, -0.15) is 0 Å². The molecule has 0 aromatic carbocycles. The predicted octanol–water partition coefficient (Wildman–Crippen LogP) is 3.95. The van der Waals surface area contributed by atoms with Crippen molar-refractivity contribution in [3.8, 4) is 5.88 Å². The summed E-state index contributed by atoms with van der Waals surface area (Å²) in [6, 6.07) is 3.68. The number of ether oxygens (including phenoxy) is 2. The van der Waals surface area contributed by atoms with Crippen molar-refractivity contribution in [3.63, 3.8) is 0 Å². The van der Waals surface area contributed by atoms with E-state index in [4.69, 9.17) is 9.47 Å². The van der Waals surface area contributed by atoms with Gasteiger partial charge in [0.05, 0.1) is 19.4 Å². The van der Waals surface area contributed by atoms with Crippen LogP contribution in [0.15, 0.2) is 39.9 Å². The molecule has 0 bridgehead atoms. The minimum atomic E-state index is -0.384. The van der Waals surface area contributed by atoms with E-state index in [-0.39, 0.29) is 11.8 Å². The molecule has 0 amide bonds. The number of aromatic nitrogens is 1. The number of halogens is 1. The molecule has 25 heavy (non-hydrogen) atoms. The van der Waals surface area contributed by atoms with Crippen molar-refractivity contribution in [2.75, 3.05) is 13.7 Å². The molecule has 1 aromatic heterocycles. The Morgan fingerprint density at radius 3 is 2.88 bits per heavy atom. The number of allylic oxidation sites excluding steroid dienone is 3. The van der Waals surface area contributed by atoms with Crippen LogP contribution in [0.5, 0.6) is 5.88 Å². The number of hydrogen-bond donors (Lipinski definition) is 0. The Labute approximate surface area is 156 Å². The van der Waals surface area contributed by atoms with Gasteiger partial charge in [0.15, 0.2) is 5.78 Å². The third kappa shape index (κ3) is 5.53. The zero-order valence-corrected chi connectivity index (χ0v) is 16.1. The van der Waals surface area contributed by atoms with Gasteiger partial charge in [-0.3, -0.25) is 4.79 Å². The monoisotopic (exact) mass is 407 g/mol. The van der Waals surface area contributed by atoms with E-state index in [1.807, 2.05) is 6.07 Å². The number of Topliss-reactive ketones (excluding diaryl/α,β-unsaturated/α-hetero) is 1. The van der Waals surface area contributed by atoms with Gasteiger partial charge in [-0.1, -0.05) is 11.6 Å². The minimum absolute atomic E-state index is 0.147. The lowest BCUT2D eigenvalue weighted by atomic mass is 9.86. The van der Waals surface area contributed by atoms with E-state index >= 15 is 0 Å². The third-order valence-corrected chi connectivity index (χ3v) is 4.71. The summed E-state index contributed by atoms with van der Waals surface area (Å²) in [5.41, 5.74) is 2.70. The van der Waals surface area contributed by atoms with Crippen molar-refractivity contribution in [1.29, 1.82) is 0 Å². The Hall–Kier alpha value is -1.95. The van der Waals surface area contributed by atoms with Gasteiger partial charge in [-0.25, -0.2) is 9.78 Å². The summed E-state index contributed by atoms with van der Waals surface area (Å²) < 4.78 is 10.9. The van der Waals surface area contributed by atoms with E-state index in [1.54, 1.807) is 26.2 Å². The molecule has 0 aliphatic heterocycles. The Bertz CT molecular complexity index is 709. The lowest BCUT2D eigenvalue weighted by Gasteiger charge is -2.19. The number of rotatable bonds is 7. The van der Waals surface area contributed by atoms with Crippen LogP contribution in [-0.4, -0.2) is 30.5 Å². The number of esters is 1. The van der Waals surface area contributed by atoms with Crippen molar-refractivity contribution >= 4 is 27.7 Å². The van der Waals surface area contributed by atoms with Crippen molar-refractivity contribution < 1.29 is 19.1 Å². The number of pyridine rings is 1. The molecule has 0 atom stereocenters. The standard InChI is InChI=1S/C19H22BrNO4/c1-3-25-19(23)9-5-7-14-13(6-4-8-17(14)22)12-16-15(20)10-11-18(21-16)24-2/h5,9-11H,3-4,6-8,12H2,1-2H3/b9-5+. The van der Waals surface area contributed by atoms with Gasteiger partial charge in [-0.15, -0.1) is 0 Å². The number of hydrogen-bond acceptors (Lipinski definition) is 5. The van der Waals surface area contributed by atoms with Gasteiger partial charge >= 0.3 is 5.97 Å². The number of carbonyl (C=O) groups is 2. The van der Waals surface area contributed by atoms with E-state index in [2.05, 4.69) is 20.9 Å². The van der Waals surface area contributed by atoms with E-state index < -0.39 is 0 Å². The first-order valence-corrected chi connectivity index (χ1v) is 9.11. The number of nitrogens with zero attached hydrogens (tertiary/aromatic N) is 1. The van der Waals surface area contributed by atoms with Crippen molar-refractivity contribution in [1.82, 2.24) is 4.98 Å². The van der Waals surface area contributed by atoms with Crippen LogP contribution >= 0.6 is 15.9 Å². The van der Waals surface area contributed by atoms with Crippen LogP contribution in [-0.2, 0) is 20.7 Å². The SMILES string of the molecule is CCOC(=O)/C=C/CC1=C(Cc2nc(OC)ccc2Br)CCCC1=O. The summed E-state index contributed by atoms with van der Waals surface area (Å²) in [7, 11) is 1.58. The molecule has 0 radical (unpaired) electrons. The molecule has 1 aromatic rings. The molecule has 1 aliphatic carbocycles. The molecule has 5 nitrogen and oxygen atoms in total. The van der Waals surface area contributed by atoms with E-state index in [9.17, 15) is 9.59 Å². The highest BCUT2D eigenvalue weighted by atomic mass is 79.9. The Kier molecular flexibility index (Phi) is 7.37. The summed E-state index contributed by atoms with van der Waals surface area (Å²) in [5, 5.41) is 0. The Balaban J connectivity index is 2.21. The van der Waals surface area contributed by atoms with Crippen LogP contribution < -0.4 is 4.74 Å². The summed E-state index contributed by atoms with van der Waals surface area (Å²) in [4.78, 5) is 28.2. The Morgan fingerprint density at radius 1 is 1.36 bits per heavy atom. The van der Waals surface area contributed by atoms with Gasteiger partial charge < -0.3 is 9.47 Å². The summed E-state index contributed by atoms with van der Waals surface area (Å²) in [6.07, 6.45) is 6.38. The second-order valence-corrected chi connectivity index (χ2v) is 6.53. The average molecular weight is 408 g/mol. The van der Waals surface area contributed by atoms with Gasteiger partial charge in [0.2, 0.25) is 5.88 Å². The largest absolute Gasteiger partial charge is 0.481 e. The van der Waals surface area contributed by atoms with E-state index in [0.717, 1.165) is 34.2 Å². The summed E-state index contributed by atoms with van der Waals surface area (Å²) in [6.45, 7) is 2.10. The number of carbonyl (C=O) groups excluding carboxylic acids is 2. The molecule has 0 saturated carbocycles. The van der Waals surface area contributed by atoms with Crippen LogP contribution in [0.2, 0.25) is 0 Å². The van der Waals surface area contributed by atoms with Gasteiger partial charge in [0.25, 0.3) is 0 Å². The molecule has 6 heteroatoms. The second-order valence-electron chi connectivity index (χ2n) is 5.68. The quantitative estimate of drug-likeness (QED) is 0.505. The first kappa shape index (κ1) is 19.4. The van der Waals surface area contributed by atoms with Crippen LogP contribution in [0.25, 0.3) is 0 Å². The van der Waals surface area contributed by atoms with Crippen LogP contribution in [0.4, 0.5) is 0 Å². The molecule has 1 aliphatic rings. The smallest absolute Gasteiger partial charge is 0.330 e. The first-order chi connectivity index (χ1) is 12.0. The summed E-state index contributed by atoms with van der Waals surface area (Å²) >= 11 is 3.51. The van der Waals surface area contributed by atoms with Crippen molar-refractivity contribution in [3.05, 3.63) is 45.6 Å². The topological polar surface area (TPSA) is 65.5 Å². The van der Waals surface area contributed by atoms with Gasteiger partial charge in [0, 0.05) is 29.5 Å². The zero-order chi connectivity index (χ0) is 18.2. The highest BCUT2D eigenvalue weighted by Crippen LogP contribution is 2.30. The molecular formula is C19H22BrNO4. The first-order valence-electron chi connectivity index (χ1n) is 8.32. The van der Waals surface area contributed by atoms with Crippen molar-refractivity contribution in [2.45, 2.75) is 39.0 Å². The van der Waals surface area contributed by atoms with E-state index in [0.29, 0.717) is 31.7 Å². The number of ketones is 1. The lowest BCUT2D eigenvalue weighted by Crippen LogP contribution is -2.13. The van der Waals surface area contributed by atoms with Gasteiger partial charge in [0.1, 0.15) is 0 Å². The maximum atomic E-state index is 12.3. The van der Waals surface area contributed by atoms with Gasteiger partial charge in [-0.05, 0) is 53.8 Å². The zero-order valence-electron chi connectivity index (χ0n) is 14.5. The molecule has 0 spiro atoms. The molecule has 134 valence electrons. The average Bonchev–Trinajstić information content (AvgIpc) is 2.59. The fraction of sp³-hybridized carbons (Fsp3) is 0.421. The third-order valence-electron chi connectivity index (χ3n) is 3.99. The molecule has 0 unspecified atom stereocenters. The fourth-order valence-electron chi connectivity index (χ4n) is 2.78. The summed E-state index contributed by atoms with van der Waals surface area (Å²) in [5.74, 6) is 0.309. The molecular weight excluding hydrogens is 386 g/mol. The van der Waals surface area contributed by atoms with Crippen LogP contribution in [0.1, 0.15) is 38.3 Å². The maximum Gasteiger partial charge on any atom is 0.330 e. The Morgan fingerprint density at radius 2 is 2.16 bits per heavy atom. The fourth-order valence-corrected chi connectivity index (χ4v) is 3.14. The van der Waals surface area contributed by atoms with E-state index in [1.165, 1.54) is 6.08 Å². The molecule has 2 rings (SSSR count). The lowest BCUT2D eigenvalue weighted by molar-refractivity contribution is -0.137. The highest BCUT2D eigenvalue weighted by Gasteiger charge is 2.21. The second kappa shape index (κ2) is 9.51. The number of methoxy groups -OCH3 is 1.